The second-order valence-corrected chi connectivity index (χ2v) is 8.04. The van der Waals surface area contributed by atoms with E-state index < -0.39 is 14.8 Å². The van der Waals surface area contributed by atoms with Gasteiger partial charge in [0, 0.05) is 24.2 Å². The van der Waals surface area contributed by atoms with Crippen LogP contribution in [0.15, 0.2) is 59.8 Å². The van der Waals surface area contributed by atoms with Crippen molar-refractivity contribution in [2.75, 3.05) is 6.26 Å². The van der Waals surface area contributed by atoms with Crippen LogP contribution >= 0.6 is 0 Å². The number of benzene rings is 1. The highest BCUT2D eigenvalue weighted by Crippen LogP contribution is 2.32. The van der Waals surface area contributed by atoms with Crippen LogP contribution in [0, 0.1) is 22.2 Å². The SMILES string of the molecule is Cc1ccc(-c2c(-c3ccc(S(C)(=O)=O)cc3)cc([N+](=O)[O-])c[n+]2[O-])cn1. The fraction of sp³-hybridized carbons (Fsp3) is 0.111. The highest BCUT2D eigenvalue weighted by Gasteiger charge is 2.23. The van der Waals surface area contributed by atoms with Crippen LogP contribution in [0.25, 0.3) is 22.4 Å². The predicted octanol–water partition coefficient (Wildman–Crippen LogP) is 2.67. The van der Waals surface area contributed by atoms with E-state index >= 15 is 0 Å². The van der Waals surface area contributed by atoms with Crippen molar-refractivity contribution in [2.45, 2.75) is 11.8 Å². The molecule has 0 fully saturated rings. The Labute approximate surface area is 155 Å². The molecule has 3 aromatic rings. The van der Waals surface area contributed by atoms with E-state index in [-0.39, 0.29) is 16.3 Å². The molecule has 27 heavy (non-hydrogen) atoms. The van der Waals surface area contributed by atoms with Gasteiger partial charge in [-0.1, -0.05) is 12.1 Å². The number of hydrogen-bond donors (Lipinski definition) is 0. The summed E-state index contributed by atoms with van der Waals surface area (Å²) in [4.78, 5) is 14.8. The van der Waals surface area contributed by atoms with Gasteiger partial charge in [0.1, 0.15) is 0 Å². The van der Waals surface area contributed by atoms with Gasteiger partial charge in [-0.2, -0.15) is 4.73 Å². The third-order valence-corrected chi connectivity index (χ3v) is 5.13. The summed E-state index contributed by atoms with van der Waals surface area (Å²) in [6.07, 6.45) is 3.49. The lowest BCUT2D eigenvalue weighted by molar-refractivity contribution is -0.597. The lowest BCUT2D eigenvalue weighted by Gasteiger charge is -2.11. The van der Waals surface area contributed by atoms with E-state index in [1.807, 2.05) is 0 Å². The van der Waals surface area contributed by atoms with Crippen LogP contribution < -0.4 is 4.73 Å². The van der Waals surface area contributed by atoms with Gasteiger partial charge in [-0.05, 0) is 36.8 Å². The minimum atomic E-state index is -3.38. The van der Waals surface area contributed by atoms with Gasteiger partial charge in [0.2, 0.25) is 5.69 Å². The molecule has 0 aliphatic carbocycles. The topological polar surface area (TPSA) is 117 Å². The number of aryl methyl sites for hydroxylation is 1. The van der Waals surface area contributed by atoms with Crippen molar-refractivity contribution >= 4 is 15.5 Å². The molecule has 138 valence electrons. The number of sulfone groups is 1. The minimum absolute atomic E-state index is 0.116. The Kier molecular flexibility index (Phi) is 4.63. The molecule has 0 saturated heterocycles. The molecule has 3 rings (SSSR count). The van der Waals surface area contributed by atoms with Gasteiger partial charge < -0.3 is 5.21 Å². The highest BCUT2D eigenvalue weighted by molar-refractivity contribution is 7.90. The number of pyridine rings is 2. The van der Waals surface area contributed by atoms with Crippen molar-refractivity contribution in [3.63, 3.8) is 0 Å². The maximum absolute atomic E-state index is 12.5. The summed E-state index contributed by atoms with van der Waals surface area (Å²) >= 11 is 0. The average molecular weight is 385 g/mol. The molecule has 9 heteroatoms. The van der Waals surface area contributed by atoms with E-state index in [9.17, 15) is 23.7 Å². The molecule has 0 aliphatic rings. The zero-order chi connectivity index (χ0) is 19.8. The highest BCUT2D eigenvalue weighted by atomic mass is 32.2. The summed E-state index contributed by atoms with van der Waals surface area (Å²) in [5.41, 5.74) is 1.87. The summed E-state index contributed by atoms with van der Waals surface area (Å²) in [7, 11) is -3.38. The number of nitrogens with zero attached hydrogens (tertiary/aromatic N) is 3. The second kappa shape index (κ2) is 6.76. The lowest BCUT2D eigenvalue weighted by Crippen LogP contribution is -2.30. The Balaban J connectivity index is 2.26. The van der Waals surface area contributed by atoms with E-state index in [0.717, 1.165) is 18.1 Å². The molecule has 2 heterocycles. The molecule has 0 N–H and O–H groups in total. The first kappa shape index (κ1) is 18.5. The number of rotatable bonds is 4. The molecule has 0 amide bonds. The van der Waals surface area contributed by atoms with E-state index in [1.54, 1.807) is 19.1 Å². The van der Waals surface area contributed by atoms with Crippen molar-refractivity contribution in [1.82, 2.24) is 4.98 Å². The van der Waals surface area contributed by atoms with Gasteiger partial charge >= 0.3 is 5.69 Å². The standard InChI is InChI=1S/C18H15N3O5S/c1-12-3-4-14(10-19-12)18-17(9-15(21(23)24)11-20(18)22)13-5-7-16(8-6-13)27(2,25)26/h3-11H,1-2H3. The quantitative estimate of drug-likeness (QED) is 0.295. The Morgan fingerprint density at radius 1 is 1.07 bits per heavy atom. The average Bonchev–Trinajstić information content (AvgIpc) is 2.61. The van der Waals surface area contributed by atoms with Crippen LogP contribution in [0.3, 0.4) is 0 Å². The van der Waals surface area contributed by atoms with Crippen LogP contribution in [0.5, 0.6) is 0 Å². The van der Waals surface area contributed by atoms with Crippen LogP contribution in [-0.4, -0.2) is 24.6 Å². The maximum atomic E-state index is 12.5. The summed E-state index contributed by atoms with van der Waals surface area (Å²) < 4.78 is 23.7. The first-order valence-corrected chi connectivity index (χ1v) is 9.71. The first-order valence-electron chi connectivity index (χ1n) is 7.82. The normalized spacial score (nSPS) is 11.3. The van der Waals surface area contributed by atoms with Crippen LogP contribution in [0.1, 0.15) is 5.69 Å². The summed E-state index contributed by atoms with van der Waals surface area (Å²) in [6, 6.07) is 10.5. The molecule has 8 nitrogen and oxygen atoms in total. The van der Waals surface area contributed by atoms with Crippen molar-refractivity contribution in [3.8, 4) is 22.4 Å². The van der Waals surface area contributed by atoms with E-state index in [0.29, 0.717) is 21.4 Å². The van der Waals surface area contributed by atoms with E-state index in [4.69, 9.17) is 0 Å². The van der Waals surface area contributed by atoms with Gasteiger partial charge in [-0.25, -0.2) is 8.42 Å². The smallest absolute Gasteiger partial charge is 0.334 e. The molecule has 0 saturated carbocycles. The molecule has 0 aliphatic heterocycles. The van der Waals surface area contributed by atoms with Gasteiger partial charge in [-0.15, -0.1) is 0 Å². The summed E-state index contributed by atoms with van der Waals surface area (Å²) in [6.45, 7) is 1.80. The monoisotopic (exact) mass is 385 g/mol. The van der Waals surface area contributed by atoms with Crippen molar-refractivity contribution in [1.29, 1.82) is 0 Å². The Morgan fingerprint density at radius 2 is 1.70 bits per heavy atom. The van der Waals surface area contributed by atoms with Crippen LogP contribution in [0.2, 0.25) is 0 Å². The molecule has 2 aromatic heterocycles. The molecule has 0 atom stereocenters. The molecule has 0 radical (unpaired) electrons. The Morgan fingerprint density at radius 3 is 2.22 bits per heavy atom. The first-order chi connectivity index (χ1) is 12.7. The van der Waals surface area contributed by atoms with Crippen molar-refractivity contribution in [2.24, 2.45) is 0 Å². The zero-order valence-electron chi connectivity index (χ0n) is 14.5. The van der Waals surface area contributed by atoms with Crippen molar-refractivity contribution in [3.05, 3.63) is 75.9 Å². The minimum Gasteiger partial charge on any atom is -0.618 e. The van der Waals surface area contributed by atoms with Crippen LogP contribution in [0.4, 0.5) is 5.69 Å². The second-order valence-electron chi connectivity index (χ2n) is 6.03. The number of aromatic nitrogens is 2. The zero-order valence-corrected chi connectivity index (χ0v) is 15.3. The summed E-state index contributed by atoms with van der Waals surface area (Å²) in [5, 5.41) is 23.7. The third-order valence-electron chi connectivity index (χ3n) is 4.01. The Bertz CT molecular complexity index is 1120. The molecule has 0 unspecified atom stereocenters. The van der Waals surface area contributed by atoms with Gasteiger partial charge in [0.15, 0.2) is 9.84 Å². The predicted molar refractivity (Wildman–Crippen MR) is 98.6 cm³/mol. The van der Waals surface area contributed by atoms with Crippen molar-refractivity contribution < 1.29 is 18.1 Å². The number of nitro groups is 1. The van der Waals surface area contributed by atoms with Gasteiger partial charge in [0.25, 0.3) is 6.20 Å². The fourth-order valence-corrected chi connectivity index (χ4v) is 3.28. The molecule has 0 spiro atoms. The van der Waals surface area contributed by atoms with Crippen LogP contribution in [-0.2, 0) is 9.84 Å². The van der Waals surface area contributed by atoms with E-state index in [2.05, 4.69) is 4.98 Å². The molecule has 0 bridgehead atoms. The maximum Gasteiger partial charge on any atom is 0.334 e. The Hall–Kier alpha value is -3.33. The van der Waals surface area contributed by atoms with E-state index in [1.165, 1.54) is 36.5 Å². The molecular formula is C18H15N3O5S. The fourth-order valence-electron chi connectivity index (χ4n) is 2.65. The summed E-state index contributed by atoms with van der Waals surface area (Å²) in [5.74, 6) is 0. The molecule has 1 aromatic carbocycles. The van der Waals surface area contributed by atoms with Gasteiger partial charge in [-0.3, -0.25) is 15.1 Å². The largest absolute Gasteiger partial charge is 0.618 e. The lowest BCUT2D eigenvalue weighted by atomic mass is 9.99. The molecular weight excluding hydrogens is 370 g/mol. The third kappa shape index (κ3) is 3.77. The number of hydrogen-bond acceptors (Lipinski definition) is 6. The van der Waals surface area contributed by atoms with Gasteiger partial charge in [0.05, 0.1) is 20.9 Å².